The Morgan fingerprint density at radius 1 is 1.48 bits per heavy atom. The van der Waals surface area contributed by atoms with Crippen molar-refractivity contribution in [2.45, 2.75) is 23.4 Å². The third-order valence-electron chi connectivity index (χ3n) is 4.04. The van der Waals surface area contributed by atoms with Crippen molar-refractivity contribution < 1.29 is 29.3 Å². The molecule has 3 atom stereocenters. The Bertz CT molecular complexity index is 859. The standard InChI is InChI=1S/C15H14O7S/c1-21-14(19)15(20)11-8(5-9(23)13(15)18)22-7-4-2-3-6(16)10(7)12(11)17/h2-4,9,13,16,18,20,23H,5H2,1H3/t9-,13+,15-/m1/s1. The van der Waals surface area contributed by atoms with E-state index in [1.807, 2.05) is 0 Å². The Kier molecular flexibility index (Phi) is 3.62. The van der Waals surface area contributed by atoms with Crippen LogP contribution in [-0.2, 0) is 21.6 Å². The first-order valence-electron chi connectivity index (χ1n) is 6.77. The van der Waals surface area contributed by atoms with E-state index in [2.05, 4.69) is 17.4 Å². The van der Waals surface area contributed by atoms with Crippen LogP contribution in [0.4, 0.5) is 0 Å². The number of aliphatic hydroxyl groups is 2. The molecule has 1 aromatic heterocycles. The molecular formula is C15H14O7S. The number of aliphatic hydroxyl groups excluding tert-OH is 1. The highest BCUT2D eigenvalue weighted by atomic mass is 32.1. The summed E-state index contributed by atoms with van der Waals surface area (Å²) in [5.74, 6) is -1.54. The summed E-state index contributed by atoms with van der Waals surface area (Å²) >= 11 is 4.15. The molecule has 8 heteroatoms. The monoisotopic (exact) mass is 338 g/mol. The SMILES string of the molecule is COC(=O)[C@@]1(O)c2c(oc3cccc(O)c3c2=O)C[C@@H](S)[C@@H]1O. The van der Waals surface area contributed by atoms with Crippen LogP contribution in [0.2, 0.25) is 0 Å². The second kappa shape index (κ2) is 5.26. The van der Waals surface area contributed by atoms with E-state index in [4.69, 9.17) is 4.42 Å². The molecule has 0 fully saturated rings. The van der Waals surface area contributed by atoms with E-state index in [0.717, 1.165) is 7.11 Å². The zero-order valence-electron chi connectivity index (χ0n) is 12.0. The maximum Gasteiger partial charge on any atom is 0.345 e. The van der Waals surface area contributed by atoms with Crippen LogP contribution in [0.25, 0.3) is 11.0 Å². The minimum absolute atomic E-state index is 0.0197. The first kappa shape index (κ1) is 15.9. The van der Waals surface area contributed by atoms with E-state index in [0.29, 0.717) is 0 Å². The van der Waals surface area contributed by atoms with Gasteiger partial charge in [0.1, 0.15) is 28.6 Å². The molecule has 3 N–H and O–H groups in total. The normalized spacial score (nSPS) is 26.8. The Morgan fingerprint density at radius 2 is 2.17 bits per heavy atom. The average molecular weight is 338 g/mol. The molecule has 0 unspecified atom stereocenters. The Balaban J connectivity index is 2.44. The predicted octanol–water partition coefficient (Wildman–Crippen LogP) is 0.0746. The van der Waals surface area contributed by atoms with Crippen molar-refractivity contribution in [1.82, 2.24) is 0 Å². The fourth-order valence-electron chi connectivity index (χ4n) is 2.90. The number of esters is 1. The molecule has 0 saturated heterocycles. The van der Waals surface area contributed by atoms with E-state index < -0.39 is 33.9 Å². The molecule has 1 aromatic carbocycles. The fraction of sp³-hybridized carbons (Fsp3) is 0.333. The summed E-state index contributed by atoms with van der Waals surface area (Å²) < 4.78 is 10.1. The van der Waals surface area contributed by atoms with Gasteiger partial charge in [0.2, 0.25) is 11.0 Å². The number of phenolic OH excluding ortho intramolecular Hbond substituents is 1. The quantitative estimate of drug-likeness (QED) is 0.429. The summed E-state index contributed by atoms with van der Waals surface area (Å²) in [4.78, 5) is 24.8. The van der Waals surface area contributed by atoms with E-state index in [9.17, 15) is 24.9 Å². The number of aromatic hydroxyl groups is 1. The maximum absolute atomic E-state index is 12.8. The van der Waals surface area contributed by atoms with E-state index >= 15 is 0 Å². The zero-order chi connectivity index (χ0) is 16.9. The number of carbonyl (C=O) groups is 1. The summed E-state index contributed by atoms with van der Waals surface area (Å²) in [6.45, 7) is 0. The highest BCUT2D eigenvalue weighted by Gasteiger charge is 2.55. The Hall–Kier alpha value is -2.03. The Morgan fingerprint density at radius 3 is 2.83 bits per heavy atom. The summed E-state index contributed by atoms with van der Waals surface area (Å²) in [7, 11) is 1.02. The highest BCUT2D eigenvalue weighted by molar-refractivity contribution is 7.81. The third kappa shape index (κ3) is 2.06. The van der Waals surface area contributed by atoms with Crippen molar-refractivity contribution >= 4 is 29.6 Å². The van der Waals surface area contributed by atoms with Crippen LogP contribution in [0.3, 0.4) is 0 Å². The van der Waals surface area contributed by atoms with Crippen molar-refractivity contribution in [1.29, 1.82) is 0 Å². The van der Waals surface area contributed by atoms with Crippen LogP contribution in [-0.4, -0.2) is 39.8 Å². The van der Waals surface area contributed by atoms with Gasteiger partial charge >= 0.3 is 5.97 Å². The number of methoxy groups -OCH3 is 1. The van der Waals surface area contributed by atoms with Gasteiger partial charge in [-0.25, -0.2) is 4.79 Å². The summed E-state index contributed by atoms with van der Waals surface area (Å²) in [5.41, 5.74) is -3.74. The number of phenols is 1. The van der Waals surface area contributed by atoms with Crippen molar-refractivity contribution in [3.8, 4) is 5.75 Å². The minimum atomic E-state index is -2.62. The number of carbonyl (C=O) groups excluding carboxylic acids is 1. The number of ether oxygens (including phenoxy) is 1. The molecule has 122 valence electrons. The molecule has 0 radical (unpaired) electrons. The molecule has 1 heterocycles. The van der Waals surface area contributed by atoms with E-state index in [-0.39, 0.29) is 28.9 Å². The summed E-state index contributed by atoms with van der Waals surface area (Å²) in [5, 5.41) is 29.9. The molecule has 3 rings (SSSR count). The van der Waals surface area contributed by atoms with Crippen LogP contribution < -0.4 is 5.43 Å². The van der Waals surface area contributed by atoms with Crippen LogP contribution in [0.15, 0.2) is 27.4 Å². The first-order chi connectivity index (χ1) is 10.8. The number of rotatable bonds is 1. The summed E-state index contributed by atoms with van der Waals surface area (Å²) in [6, 6.07) is 4.26. The van der Waals surface area contributed by atoms with Gasteiger partial charge in [-0.05, 0) is 12.1 Å². The number of hydrogen-bond donors (Lipinski definition) is 4. The van der Waals surface area contributed by atoms with Gasteiger partial charge < -0.3 is 24.5 Å². The van der Waals surface area contributed by atoms with Gasteiger partial charge in [-0.3, -0.25) is 4.79 Å². The van der Waals surface area contributed by atoms with E-state index in [1.54, 1.807) is 0 Å². The second-order valence-corrected chi connectivity index (χ2v) is 6.02. The Labute approximate surface area is 135 Å². The largest absolute Gasteiger partial charge is 0.507 e. The molecule has 0 amide bonds. The lowest BCUT2D eigenvalue weighted by molar-refractivity contribution is -0.179. The lowest BCUT2D eigenvalue weighted by Gasteiger charge is -2.37. The van der Waals surface area contributed by atoms with Gasteiger partial charge in [0, 0.05) is 11.7 Å². The molecule has 0 spiro atoms. The summed E-state index contributed by atoms with van der Waals surface area (Å²) in [6.07, 6.45) is -1.64. The van der Waals surface area contributed by atoms with Gasteiger partial charge in [0.15, 0.2) is 0 Å². The van der Waals surface area contributed by atoms with Gasteiger partial charge in [-0.1, -0.05) is 6.07 Å². The predicted molar refractivity (Wildman–Crippen MR) is 82.5 cm³/mol. The minimum Gasteiger partial charge on any atom is -0.507 e. The molecule has 7 nitrogen and oxygen atoms in total. The highest BCUT2D eigenvalue weighted by Crippen LogP contribution is 2.39. The zero-order valence-corrected chi connectivity index (χ0v) is 12.9. The third-order valence-corrected chi connectivity index (χ3v) is 4.50. The number of fused-ring (bicyclic) bond motifs is 2. The van der Waals surface area contributed by atoms with Crippen LogP contribution in [0.1, 0.15) is 11.3 Å². The average Bonchev–Trinajstić information content (AvgIpc) is 2.51. The molecule has 0 saturated carbocycles. The molecule has 0 aliphatic heterocycles. The van der Waals surface area contributed by atoms with Crippen molar-refractivity contribution in [3.63, 3.8) is 0 Å². The molecule has 1 aliphatic rings. The van der Waals surface area contributed by atoms with Crippen molar-refractivity contribution in [3.05, 3.63) is 39.7 Å². The van der Waals surface area contributed by atoms with Crippen LogP contribution in [0.5, 0.6) is 5.75 Å². The number of benzene rings is 1. The molecule has 2 aromatic rings. The number of thiol groups is 1. The molecule has 1 aliphatic carbocycles. The lowest BCUT2D eigenvalue weighted by Crippen LogP contribution is -2.57. The topological polar surface area (TPSA) is 117 Å². The maximum atomic E-state index is 12.8. The molecule has 0 bridgehead atoms. The van der Waals surface area contributed by atoms with Gasteiger partial charge in [-0.2, -0.15) is 12.6 Å². The van der Waals surface area contributed by atoms with Crippen LogP contribution in [0, 0.1) is 0 Å². The fourth-order valence-corrected chi connectivity index (χ4v) is 3.29. The molecular weight excluding hydrogens is 324 g/mol. The lowest BCUT2D eigenvalue weighted by atomic mass is 9.78. The van der Waals surface area contributed by atoms with Crippen molar-refractivity contribution in [2.75, 3.05) is 7.11 Å². The van der Waals surface area contributed by atoms with Gasteiger partial charge in [0.25, 0.3) is 0 Å². The van der Waals surface area contributed by atoms with Gasteiger partial charge in [0.05, 0.1) is 12.7 Å². The first-order valence-corrected chi connectivity index (χ1v) is 7.29. The second-order valence-electron chi connectivity index (χ2n) is 5.35. The smallest absolute Gasteiger partial charge is 0.345 e. The van der Waals surface area contributed by atoms with Crippen LogP contribution >= 0.6 is 12.6 Å². The van der Waals surface area contributed by atoms with E-state index in [1.165, 1.54) is 18.2 Å². The van der Waals surface area contributed by atoms with Gasteiger partial charge in [-0.15, -0.1) is 0 Å². The number of hydrogen-bond acceptors (Lipinski definition) is 8. The van der Waals surface area contributed by atoms with Crippen molar-refractivity contribution in [2.24, 2.45) is 0 Å². The molecule has 23 heavy (non-hydrogen) atoms.